The molecule has 6 heteroatoms. The average Bonchev–Trinajstić information content (AvgIpc) is 3.04. The summed E-state index contributed by atoms with van der Waals surface area (Å²) in [5.41, 5.74) is 2.84. The Labute approximate surface area is 149 Å². The first-order valence-electron chi connectivity index (χ1n) is 8.51. The first kappa shape index (κ1) is 16.1. The van der Waals surface area contributed by atoms with Gasteiger partial charge in [0.15, 0.2) is 0 Å². The number of aryl methyl sites for hydroxylation is 1. The van der Waals surface area contributed by atoms with E-state index in [0.717, 1.165) is 34.0 Å². The number of rotatable bonds is 4. The van der Waals surface area contributed by atoms with Crippen molar-refractivity contribution in [3.05, 3.63) is 70.6 Å². The minimum absolute atomic E-state index is 0.137. The molecule has 2 aromatic carbocycles. The van der Waals surface area contributed by atoms with E-state index >= 15 is 0 Å². The van der Waals surface area contributed by atoms with E-state index in [1.54, 1.807) is 6.20 Å². The van der Waals surface area contributed by atoms with Gasteiger partial charge in [-0.1, -0.05) is 43.3 Å². The highest BCUT2D eigenvalue weighted by atomic mass is 16.2. The summed E-state index contributed by atoms with van der Waals surface area (Å²) in [6.07, 6.45) is 2.44. The smallest absolute Gasteiger partial charge is 0.291 e. The number of carbonyl (C=O) groups excluding carboxylic acids is 1. The van der Waals surface area contributed by atoms with E-state index in [1.807, 2.05) is 55.5 Å². The molecule has 0 radical (unpaired) electrons. The molecule has 0 aliphatic rings. The van der Waals surface area contributed by atoms with Gasteiger partial charge in [-0.15, -0.1) is 0 Å². The largest absolute Gasteiger partial charge is 0.350 e. The molecule has 0 saturated heterocycles. The van der Waals surface area contributed by atoms with E-state index in [0.29, 0.717) is 5.52 Å². The van der Waals surface area contributed by atoms with Gasteiger partial charge < -0.3 is 10.3 Å². The Balaban J connectivity index is 1.65. The molecule has 1 amide bonds. The Morgan fingerprint density at radius 1 is 1.12 bits per heavy atom. The molecule has 0 bridgehead atoms. The molecule has 2 heterocycles. The second kappa shape index (κ2) is 6.48. The standard InChI is InChI=1S/C20H18N4O2/c1-2-13-7-3-5-9-16(13)22-18(25)12-24-20(26)19-15(11-21-24)14-8-4-6-10-17(14)23-19/h3-11,23H,2,12H2,1H3,(H,22,25). The van der Waals surface area contributed by atoms with Crippen molar-refractivity contribution in [1.82, 2.24) is 14.8 Å². The molecule has 130 valence electrons. The van der Waals surface area contributed by atoms with Crippen molar-refractivity contribution in [2.24, 2.45) is 0 Å². The zero-order valence-electron chi connectivity index (χ0n) is 14.3. The van der Waals surface area contributed by atoms with Gasteiger partial charge in [0.1, 0.15) is 12.1 Å². The van der Waals surface area contributed by atoms with Gasteiger partial charge in [-0.25, -0.2) is 4.68 Å². The van der Waals surface area contributed by atoms with Crippen molar-refractivity contribution in [2.75, 3.05) is 5.32 Å². The molecule has 6 nitrogen and oxygen atoms in total. The maximum Gasteiger partial charge on any atom is 0.291 e. The molecule has 0 aliphatic heterocycles. The predicted octanol–water partition coefficient (Wildman–Crippen LogP) is 3.08. The summed E-state index contributed by atoms with van der Waals surface area (Å²) >= 11 is 0. The minimum atomic E-state index is -0.308. The van der Waals surface area contributed by atoms with Crippen LogP contribution in [0.4, 0.5) is 5.69 Å². The third-order valence-corrected chi connectivity index (χ3v) is 4.49. The molecular weight excluding hydrogens is 328 g/mol. The molecule has 26 heavy (non-hydrogen) atoms. The SMILES string of the molecule is CCc1ccccc1NC(=O)Cn1ncc2c([nH]c3ccccc32)c1=O. The zero-order valence-corrected chi connectivity index (χ0v) is 14.3. The van der Waals surface area contributed by atoms with Gasteiger partial charge in [0.25, 0.3) is 5.56 Å². The zero-order chi connectivity index (χ0) is 18.1. The van der Waals surface area contributed by atoms with Crippen molar-refractivity contribution in [3.8, 4) is 0 Å². The van der Waals surface area contributed by atoms with Crippen LogP contribution in [0.15, 0.2) is 59.5 Å². The highest BCUT2D eigenvalue weighted by Gasteiger charge is 2.13. The number of H-pyrrole nitrogens is 1. The monoisotopic (exact) mass is 346 g/mol. The van der Waals surface area contributed by atoms with Crippen LogP contribution in [0, 0.1) is 0 Å². The predicted molar refractivity (Wildman–Crippen MR) is 102 cm³/mol. The lowest BCUT2D eigenvalue weighted by molar-refractivity contribution is -0.117. The van der Waals surface area contributed by atoms with Crippen molar-refractivity contribution in [3.63, 3.8) is 0 Å². The van der Waals surface area contributed by atoms with Crippen molar-refractivity contribution in [1.29, 1.82) is 0 Å². The van der Waals surface area contributed by atoms with Crippen LogP contribution in [0.1, 0.15) is 12.5 Å². The summed E-state index contributed by atoms with van der Waals surface area (Å²) in [6, 6.07) is 15.3. The van der Waals surface area contributed by atoms with Crippen LogP contribution in [0.5, 0.6) is 0 Å². The minimum Gasteiger partial charge on any atom is -0.350 e. The Morgan fingerprint density at radius 3 is 2.73 bits per heavy atom. The lowest BCUT2D eigenvalue weighted by Gasteiger charge is -2.10. The van der Waals surface area contributed by atoms with Crippen LogP contribution in [0.25, 0.3) is 21.8 Å². The second-order valence-corrected chi connectivity index (χ2v) is 6.13. The molecule has 0 saturated carbocycles. The summed E-state index contributed by atoms with van der Waals surface area (Å²) in [6.45, 7) is 1.89. The van der Waals surface area contributed by atoms with E-state index in [2.05, 4.69) is 15.4 Å². The van der Waals surface area contributed by atoms with Gasteiger partial charge in [-0.3, -0.25) is 9.59 Å². The van der Waals surface area contributed by atoms with Gasteiger partial charge >= 0.3 is 0 Å². The van der Waals surface area contributed by atoms with Crippen LogP contribution >= 0.6 is 0 Å². The molecule has 4 aromatic rings. The number of fused-ring (bicyclic) bond motifs is 3. The fourth-order valence-corrected chi connectivity index (χ4v) is 3.16. The van der Waals surface area contributed by atoms with Crippen molar-refractivity contribution >= 4 is 33.4 Å². The van der Waals surface area contributed by atoms with Gasteiger partial charge in [0.2, 0.25) is 5.91 Å². The van der Waals surface area contributed by atoms with Gasteiger partial charge in [0, 0.05) is 22.0 Å². The Hall–Kier alpha value is -3.41. The quantitative estimate of drug-likeness (QED) is 0.596. The summed E-state index contributed by atoms with van der Waals surface area (Å²) in [4.78, 5) is 28.2. The molecular formula is C20H18N4O2. The number of amides is 1. The highest BCUT2D eigenvalue weighted by Crippen LogP contribution is 2.21. The lowest BCUT2D eigenvalue weighted by atomic mass is 10.1. The van der Waals surface area contributed by atoms with Gasteiger partial charge in [-0.05, 0) is 24.1 Å². The molecule has 0 fully saturated rings. The van der Waals surface area contributed by atoms with Crippen LogP contribution < -0.4 is 10.9 Å². The Kier molecular flexibility index (Phi) is 4.01. The fourth-order valence-electron chi connectivity index (χ4n) is 3.16. The third-order valence-electron chi connectivity index (χ3n) is 4.49. The van der Waals surface area contributed by atoms with Crippen LogP contribution in [0.3, 0.4) is 0 Å². The summed E-state index contributed by atoms with van der Waals surface area (Å²) < 4.78 is 1.18. The molecule has 2 N–H and O–H groups in total. The molecule has 0 aliphatic carbocycles. The van der Waals surface area contributed by atoms with Crippen LogP contribution in [-0.2, 0) is 17.8 Å². The Bertz CT molecular complexity index is 1170. The number of carbonyl (C=O) groups is 1. The number of nitrogens with zero attached hydrogens (tertiary/aromatic N) is 2. The van der Waals surface area contributed by atoms with Gasteiger partial charge in [-0.2, -0.15) is 5.10 Å². The summed E-state index contributed by atoms with van der Waals surface area (Å²) in [5, 5.41) is 8.75. The second-order valence-electron chi connectivity index (χ2n) is 6.13. The maximum absolute atomic E-state index is 12.7. The van der Waals surface area contributed by atoms with Crippen LogP contribution in [0.2, 0.25) is 0 Å². The Morgan fingerprint density at radius 2 is 1.88 bits per heavy atom. The molecule has 4 rings (SSSR count). The number of hydrogen-bond acceptors (Lipinski definition) is 3. The van der Waals surface area contributed by atoms with Crippen molar-refractivity contribution in [2.45, 2.75) is 19.9 Å². The average molecular weight is 346 g/mol. The highest BCUT2D eigenvalue weighted by molar-refractivity contribution is 6.06. The normalized spacial score (nSPS) is 11.1. The number of nitrogens with one attached hydrogen (secondary N) is 2. The topological polar surface area (TPSA) is 79.8 Å². The number of para-hydroxylation sites is 2. The number of benzene rings is 2. The number of hydrogen-bond donors (Lipinski definition) is 2. The number of aromatic amines is 1. The lowest BCUT2D eigenvalue weighted by Crippen LogP contribution is -2.29. The molecule has 0 unspecified atom stereocenters. The van der Waals surface area contributed by atoms with E-state index in [1.165, 1.54) is 4.68 Å². The van der Waals surface area contributed by atoms with Crippen molar-refractivity contribution < 1.29 is 4.79 Å². The summed E-state index contributed by atoms with van der Waals surface area (Å²) in [7, 11) is 0. The maximum atomic E-state index is 12.7. The van der Waals surface area contributed by atoms with E-state index in [-0.39, 0.29) is 18.0 Å². The number of aromatic nitrogens is 3. The fraction of sp³-hybridized carbons (Fsp3) is 0.150. The number of anilines is 1. The van der Waals surface area contributed by atoms with Crippen LogP contribution in [-0.4, -0.2) is 20.7 Å². The first-order valence-corrected chi connectivity index (χ1v) is 8.51. The van der Waals surface area contributed by atoms with E-state index in [9.17, 15) is 9.59 Å². The molecule has 0 spiro atoms. The van der Waals surface area contributed by atoms with E-state index < -0.39 is 0 Å². The van der Waals surface area contributed by atoms with Gasteiger partial charge in [0.05, 0.1) is 6.20 Å². The molecule has 0 atom stereocenters. The summed E-state index contributed by atoms with van der Waals surface area (Å²) in [5.74, 6) is -0.282. The molecule has 2 aromatic heterocycles. The van der Waals surface area contributed by atoms with E-state index in [4.69, 9.17) is 0 Å². The third kappa shape index (κ3) is 2.75. The first-order chi connectivity index (χ1) is 12.7.